The molecular weight excluding hydrogens is 358 g/mol. The Bertz CT molecular complexity index is 483. The third kappa shape index (κ3) is 6.11. The van der Waals surface area contributed by atoms with Crippen molar-refractivity contribution in [2.75, 3.05) is 12.8 Å². The van der Waals surface area contributed by atoms with Crippen molar-refractivity contribution in [3.63, 3.8) is 0 Å². The molecule has 0 aliphatic carbocycles. The number of hydrogen-bond donors (Lipinski definition) is 3. The van der Waals surface area contributed by atoms with Crippen LogP contribution in [0.3, 0.4) is 0 Å². The summed E-state index contributed by atoms with van der Waals surface area (Å²) in [5.74, 6) is 0.951. The third-order valence-electron chi connectivity index (χ3n) is 2.37. The van der Waals surface area contributed by atoms with Crippen molar-refractivity contribution in [3.8, 4) is 0 Å². The lowest BCUT2D eigenvalue weighted by Gasteiger charge is -2.10. The highest BCUT2D eigenvalue weighted by Crippen LogP contribution is 2.28. The Kier molecular flexibility index (Phi) is 7.94. The van der Waals surface area contributed by atoms with Crippen molar-refractivity contribution in [2.45, 2.75) is 24.7 Å². The Hall–Kier alpha value is -0.790. The van der Waals surface area contributed by atoms with Crippen molar-refractivity contribution < 1.29 is 4.79 Å². The summed E-state index contributed by atoms with van der Waals surface area (Å²) < 4.78 is 1.03. The third-order valence-corrected chi connectivity index (χ3v) is 4.87. The standard InChI is InChI=1S/C13H18BrN3OS2/c1-3-6-20-11-5-4-9(7-10(11)14)8-12(18)16-17-13(19)15-2/h4-5,7H,3,6,8H2,1-2H3,(H,16,18)(H2,15,17,19). The first-order valence-corrected chi connectivity index (χ1v) is 8.43. The minimum atomic E-state index is -0.136. The quantitative estimate of drug-likeness (QED) is 0.419. The molecule has 0 saturated carbocycles. The van der Waals surface area contributed by atoms with Gasteiger partial charge in [0, 0.05) is 16.4 Å². The van der Waals surface area contributed by atoms with Crippen LogP contribution in [0.5, 0.6) is 0 Å². The molecule has 1 amide bonds. The molecule has 0 aromatic heterocycles. The van der Waals surface area contributed by atoms with Crippen LogP contribution < -0.4 is 16.2 Å². The normalized spacial score (nSPS) is 9.95. The van der Waals surface area contributed by atoms with E-state index >= 15 is 0 Å². The molecule has 0 unspecified atom stereocenters. The minimum absolute atomic E-state index is 0.136. The molecule has 1 rings (SSSR count). The van der Waals surface area contributed by atoms with Crippen LogP contribution in [-0.4, -0.2) is 23.8 Å². The Morgan fingerprint density at radius 1 is 1.40 bits per heavy atom. The van der Waals surface area contributed by atoms with Crippen molar-refractivity contribution in [1.82, 2.24) is 16.2 Å². The maximum absolute atomic E-state index is 11.7. The number of carbonyl (C=O) groups is 1. The molecule has 7 heteroatoms. The van der Waals surface area contributed by atoms with Crippen LogP contribution in [0.2, 0.25) is 0 Å². The summed E-state index contributed by atoms with van der Waals surface area (Å²) in [5, 5.41) is 3.10. The summed E-state index contributed by atoms with van der Waals surface area (Å²) in [5.41, 5.74) is 6.10. The summed E-state index contributed by atoms with van der Waals surface area (Å²) in [6.07, 6.45) is 1.44. The molecule has 0 heterocycles. The Labute approximate surface area is 137 Å². The SMILES string of the molecule is CCCSc1ccc(CC(=O)NNC(=S)NC)cc1Br. The first-order valence-electron chi connectivity index (χ1n) is 6.24. The Morgan fingerprint density at radius 2 is 2.15 bits per heavy atom. The van der Waals surface area contributed by atoms with Crippen molar-refractivity contribution >= 4 is 50.9 Å². The summed E-state index contributed by atoms with van der Waals surface area (Å²) in [4.78, 5) is 12.9. The second kappa shape index (κ2) is 9.20. The van der Waals surface area contributed by atoms with Gasteiger partial charge in [-0.1, -0.05) is 13.0 Å². The van der Waals surface area contributed by atoms with Crippen LogP contribution >= 0.6 is 39.9 Å². The molecule has 0 saturated heterocycles. The highest BCUT2D eigenvalue weighted by molar-refractivity contribution is 9.10. The number of rotatable bonds is 5. The van der Waals surface area contributed by atoms with Crippen LogP contribution in [0.1, 0.15) is 18.9 Å². The van der Waals surface area contributed by atoms with Crippen LogP contribution in [0.15, 0.2) is 27.6 Å². The monoisotopic (exact) mass is 375 g/mol. The molecular formula is C13H18BrN3OS2. The fraction of sp³-hybridized carbons (Fsp3) is 0.385. The molecule has 20 heavy (non-hydrogen) atoms. The number of benzene rings is 1. The maximum atomic E-state index is 11.7. The van der Waals surface area contributed by atoms with Gasteiger partial charge in [0.1, 0.15) is 0 Å². The van der Waals surface area contributed by atoms with Crippen LogP contribution in [-0.2, 0) is 11.2 Å². The molecule has 4 nitrogen and oxygen atoms in total. The smallest absolute Gasteiger partial charge is 0.242 e. The molecule has 0 spiro atoms. The molecule has 1 aromatic carbocycles. The average Bonchev–Trinajstić information content (AvgIpc) is 2.44. The molecule has 1 aromatic rings. The summed E-state index contributed by atoms with van der Waals surface area (Å²) in [6, 6.07) is 5.99. The minimum Gasteiger partial charge on any atom is -0.364 e. The number of thiocarbonyl (C=S) groups is 1. The second-order valence-corrected chi connectivity index (χ2v) is 6.44. The van der Waals surface area contributed by atoms with E-state index in [1.165, 1.54) is 4.90 Å². The van der Waals surface area contributed by atoms with E-state index < -0.39 is 0 Å². The van der Waals surface area contributed by atoms with Gasteiger partial charge in [0.05, 0.1) is 6.42 Å². The highest BCUT2D eigenvalue weighted by atomic mass is 79.9. The zero-order valence-corrected chi connectivity index (χ0v) is 14.7. The van der Waals surface area contributed by atoms with E-state index in [1.807, 2.05) is 18.2 Å². The lowest BCUT2D eigenvalue weighted by molar-refractivity contribution is -0.121. The van der Waals surface area contributed by atoms with E-state index in [0.717, 1.165) is 22.2 Å². The molecule has 0 atom stereocenters. The molecule has 0 aliphatic rings. The van der Waals surface area contributed by atoms with Crippen molar-refractivity contribution in [3.05, 3.63) is 28.2 Å². The zero-order chi connectivity index (χ0) is 15.0. The van der Waals surface area contributed by atoms with Gasteiger partial charge in [-0.25, -0.2) is 0 Å². The number of halogens is 1. The number of amides is 1. The van der Waals surface area contributed by atoms with Crippen LogP contribution in [0, 0.1) is 0 Å². The Morgan fingerprint density at radius 3 is 2.75 bits per heavy atom. The summed E-state index contributed by atoms with van der Waals surface area (Å²) in [7, 11) is 1.69. The number of hydrogen-bond acceptors (Lipinski definition) is 3. The van der Waals surface area contributed by atoms with Gasteiger partial charge in [-0.05, 0) is 58.0 Å². The highest BCUT2D eigenvalue weighted by Gasteiger charge is 2.06. The summed E-state index contributed by atoms with van der Waals surface area (Å²) in [6.45, 7) is 2.15. The van der Waals surface area contributed by atoms with Crippen molar-refractivity contribution in [2.24, 2.45) is 0 Å². The summed E-state index contributed by atoms with van der Waals surface area (Å²) >= 11 is 10.2. The van der Waals surface area contributed by atoms with E-state index in [1.54, 1.807) is 18.8 Å². The van der Waals surface area contributed by atoms with E-state index in [-0.39, 0.29) is 5.91 Å². The van der Waals surface area contributed by atoms with Gasteiger partial charge in [-0.2, -0.15) is 0 Å². The molecule has 0 fully saturated rings. The molecule has 0 bridgehead atoms. The fourth-order valence-electron chi connectivity index (χ4n) is 1.40. The zero-order valence-electron chi connectivity index (χ0n) is 11.5. The van der Waals surface area contributed by atoms with Gasteiger partial charge in [0.25, 0.3) is 0 Å². The van der Waals surface area contributed by atoms with E-state index in [2.05, 4.69) is 39.0 Å². The number of nitrogens with one attached hydrogen (secondary N) is 3. The largest absolute Gasteiger partial charge is 0.364 e. The predicted octanol–water partition coefficient (Wildman–Crippen LogP) is 2.62. The van der Waals surface area contributed by atoms with Gasteiger partial charge >= 0.3 is 0 Å². The first-order chi connectivity index (χ1) is 9.56. The lowest BCUT2D eigenvalue weighted by atomic mass is 10.1. The van der Waals surface area contributed by atoms with Gasteiger partial charge < -0.3 is 5.32 Å². The molecule has 3 N–H and O–H groups in total. The molecule has 0 aliphatic heterocycles. The number of hydrazine groups is 1. The van der Waals surface area contributed by atoms with Crippen LogP contribution in [0.25, 0.3) is 0 Å². The van der Waals surface area contributed by atoms with E-state index in [9.17, 15) is 4.79 Å². The predicted molar refractivity (Wildman–Crippen MR) is 91.8 cm³/mol. The van der Waals surface area contributed by atoms with Gasteiger partial charge in [0.15, 0.2) is 5.11 Å². The maximum Gasteiger partial charge on any atom is 0.242 e. The molecule has 0 radical (unpaired) electrons. The lowest BCUT2D eigenvalue weighted by Crippen LogP contribution is -2.46. The van der Waals surface area contributed by atoms with Gasteiger partial charge in [-0.15, -0.1) is 11.8 Å². The topological polar surface area (TPSA) is 53.2 Å². The average molecular weight is 376 g/mol. The van der Waals surface area contributed by atoms with E-state index in [0.29, 0.717) is 11.5 Å². The fourth-order valence-corrected chi connectivity index (χ4v) is 3.01. The van der Waals surface area contributed by atoms with Crippen LogP contribution in [0.4, 0.5) is 0 Å². The van der Waals surface area contributed by atoms with Crippen molar-refractivity contribution in [1.29, 1.82) is 0 Å². The Balaban J connectivity index is 2.53. The second-order valence-electron chi connectivity index (χ2n) is 4.04. The number of carbonyl (C=O) groups excluding carboxylic acids is 1. The van der Waals surface area contributed by atoms with Gasteiger partial charge in [-0.3, -0.25) is 15.6 Å². The van der Waals surface area contributed by atoms with E-state index in [4.69, 9.17) is 12.2 Å². The first kappa shape index (κ1) is 17.3. The number of thioether (sulfide) groups is 1. The molecule has 110 valence electrons. The van der Waals surface area contributed by atoms with Gasteiger partial charge in [0.2, 0.25) is 5.91 Å².